The van der Waals surface area contributed by atoms with Gasteiger partial charge in [-0.3, -0.25) is 0 Å². The smallest absolute Gasteiger partial charge is 0.328 e. The van der Waals surface area contributed by atoms with Gasteiger partial charge in [-0.05, 0) is 12.5 Å². The van der Waals surface area contributed by atoms with Crippen molar-refractivity contribution in [3.05, 3.63) is 35.9 Å². The molecule has 3 nitrogen and oxygen atoms in total. The molecule has 0 radical (unpaired) electrons. The second-order valence-corrected chi connectivity index (χ2v) is 2.87. The molecule has 0 aromatic heterocycles. The lowest BCUT2D eigenvalue weighted by Gasteiger charge is -2.18. The van der Waals surface area contributed by atoms with Crippen LogP contribution in [0, 0.1) is 0 Å². The third-order valence-corrected chi connectivity index (χ3v) is 1.82. The Bertz CT molecular complexity index is 281. The van der Waals surface area contributed by atoms with Crippen LogP contribution in [0.4, 0.5) is 0 Å². The first-order chi connectivity index (χ1) is 6.55. The van der Waals surface area contributed by atoms with E-state index < -0.39 is 11.5 Å². The Labute approximate surface area is 84.6 Å². The van der Waals surface area contributed by atoms with Crippen LogP contribution in [-0.4, -0.2) is 11.1 Å². The van der Waals surface area contributed by atoms with Gasteiger partial charge in [0.25, 0.3) is 0 Å². The summed E-state index contributed by atoms with van der Waals surface area (Å²) >= 11 is 0. The maximum Gasteiger partial charge on any atom is 0.328 e. The second-order valence-electron chi connectivity index (χ2n) is 2.87. The van der Waals surface area contributed by atoms with Crippen molar-refractivity contribution >= 4 is 5.97 Å². The van der Waals surface area contributed by atoms with Crippen molar-refractivity contribution in [3.63, 3.8) is 0 Å². The quantitative estimate of drug-likeness (QED) is 0.758. The van der Waals surface area contributed by atoms with Crippen LogP contribution in [0.3, 0.4) is 0 Å². The van der Waals surface area contributed by atoms with Gasteiger partial charge in [0.2, 0.25) is 0 Å². The van der Waals surface area contributed by atoms with Gasteiger partial charge in [0.1, 0.15) is 5.54 Å². The zero-order valence-electron chi connectivity index (χ0n) is 8.82. The van der Waals surface area contributed by atoms with E-state index in [1.54, 1.807) is 24.3 Å². The molecule has 3 N–H and O–H groups in total. The lowest BCUT2D eigenvalue weighted by Crippen LogP contribution is -2.41. The fourth-order valence-corrected chi connectivity index (χ4v) is 0.908. The summed E-state index contributed by atoms with van der Waals surface area (Å²) in [7, 11) is 0. The monoisotopic (exact) mass is 195 g/mol. The van der Waals surface area contributed by atoms with Gasteiger partial charge < -0.3 is 10.8 Å². The van der Waals surface area contributed by atoms with E-state index in [4.69, 9.17) is 10.8 Å². The molecule has 1 aromatic rings. The molecule has 1 unspecified atom stereocenters. The van der Waals surface area contributed by atoms with Crippen LogP contribution in [0.2, 0.25) is 0 Å². The average Bonchev–Trinajstić information content (AvgIpc) is 2.22. The van der Waals surface area contributed by atoms with Crippen molar-refractivity contribution in [1.29, 1.82) is 0 Å². The summed E-state index contributed by atoms with van der Waals surface area (Å²) in [6, 6.07) is 8.76. The van der Waals surface area contributed by atoms with E-state index in [1.165, 1.54) is 6.92 Å². The van der Waals surface area contributed by atoms with Crippen molar-refractivity contribution in [2.75, 3.05) is 0 Å². The fourth-order valence-electron chi connectivity index (χ4n) is 0.908. The van der Waals surface area contributed by atoms with Crippen molar-refractivity contribution in [2.45, 2.75) is 26.3 Å². The highest BCUT2D eigenvalue weighted by molar-refractivity contribution is 5.79. The molecule has 3 heteroatoms. The van der Waals surface area contributed by atoms with Crippen LogP contribution in [0.15, 0.2) is 30.3 Å². The Morgan fingerprint density at radius 2 is 1.71 bits per heavy atom. The first-order valence-corrected chi connectivity index (χ1v) is 4.63. The molecule has 0 fully saturated rings. The zero-order valence-corrected chi connectivity index (χ0v) is 8.82. The number of hydrogen-bond donors (Lipinski definition) is 2. The Morgan fingerprint density at radius 3 is 2.07 bits per heavy atom. The highest BCUT2D eigenvalue weighted by Gasteiger charge is 2.29. The molecule has 0 aliphatic heterocycles. The molecule has 0 aliphatic carbocycles. The maximum atomic E-state index is 10.7. The summed E-state index contributed by atoms with van der Waals surface area (Å²) in [5.41, 5.74) is 4.90. The molecule has 0 spiro atoms. The van der Waals surface area contributed by atoms with Gasteiger partial charge in [0.15, 0.2) is 0 Å². The third-order valence-electron chi connectivity index (χ3n) is 1.82. The molecular formula is C11H17NO2. The Kier molecular flexibility index (Phi) is 4.87. The molecule has 1 rings (SSSR count). The van der Waals surface area contributed by atoms with Crippen molar-refractivity contribution in [3.8, 4) is 0 Å². The standard InChI is InChI=1S/C9H11NO2.C2H6/c1-9(10,8(11)12)7-5-3-2-4-6-7;1-2/h2-6H,10H2,1H3,(H,11,12);1-2H3. The van der Waals surface area contributed by atoms with Gasteiger partial charge in [-0.15, -0.1) is 0 Å². The fraction of sp³-hybridized carbons (Fsp3) is 0.364. The lowest BCUT2D eigenvalue weighted by molar-refractivity contribution is -0.143. The van der Waals surface area contributed by atoms with Crippen molar-refractivity contribution < 1.29 is 9.90 Å². The van der Waals surface area contributed by atoms with Crippen LogP contribution in [0.5, 0.6) is 0 Å². The predicted molar refractivity (Wildman–Crippen MR) is 57.0 cm³/mol. The minimum Gasteiger partial charge on any atom is -0.480 e. The summed E-state index contributed by atoms with van der Waals surface area (Å²) in [6.45, 7) is 5.48. The number of carbonyl (C=O) groups is 1. The normalized spacial score (nSPS) is 13.4. The van der Waals surface area contributed by atoms with Crippen LogP contribution in [0.25, 0.3) is 0 Å². The topological polar surface area (TPSA) is 63.3 Å². The van der Waals surface area contributed by atoms with Gasteiger partial charge in [0.05, 0.1) is 0 Å². The summed E-state index contributed by atoms with van der Waals surface area (Å²) in [5.74, 6) is -1.02. The van der Waals surface area contributed by atoms with Gasteiger partial charge in [0, 0.05) is 0 Å². The number of nitrogens with two attached hydrogens (primary N) is 1. The molecule has 0 bridgehead atoms. The molecule has 0 aliphatic rings. The Balaban J connectivity index is 0.000000791. The predicted octanol–water partition coefficient (Wildman–Crippen LogP) is 1.97. The molecule has 1 atom stereocenters. The summed E-state index contributed by atoms with van der Waals surface area (Å²) in [4.78, 5) is 10.7. The van der Waals surface area contributed by atoms with E-state index >= 15 is 0 Å². The van der Waals surface area contributed by atoms with Crippen LogP contribution >= 0.6 is 0 Å². The second kappa shape index (κ2) is 5.40. The van der Waals surface area contributed by atoms with E-state index in [2.05, 4.69) is 0 Å². The maximum absolute atomic E-state index is 10.7. The van der Waals surface area contributed by atoms with Crippen LogP contribution < -0.4 is 5.73 Å². The first kappa shape index (κ1) is 12.7. The van der Waals surface area contributed by atoms with E-state index in [9.17, 15) is 4.79 Å². The highest BCUT2D eigenvalue weighted by Crippen LogP contribution is 2.16. The Hall–Kier alpha value is -1.35. The zero-order chi connectivity index (χ0) is 11.2. The molecule has 14 heavy (non-hydrogen) atoms. The summed E-state index contributed by atoms with van der Waals surface area (Å²) < 4.78 is 0. The molecule has 78 valence electrons. The molecular weight excluding hydrogens is 178 g/mol. The lowest BCUT2D eigenvalue weighted by atomic mass is 9.94. The average molecular weight is 195 g/mol. The largest absolute Gasteiger partial charge is 0.480 e. The number of carboxylic acid groups (broad SMARTS) is 1. The SMILES string of the molecule is CC.CC(N)(C(=O)O)c1ccccc1. The first-order valence-electron chi connectivity index (χ1n) is 4.63. The van der Waals surface area contributed by atoms with Crippen molar-refractivity contribution in [2.24, 2.45) is 5.73 Å². The van der Waals surface area contributed by atoms with Gasteiger partial charge >= 0.3 is 5.97 Å². The van der Waals surface area contributed by atoms with Gasteiger partial charge in [-0.2, -0.15) is 0 Å². The summed E-state index contributed by atoms with van der Waals surface area (Å²) in [5, 5.41) is 8.77. The minimum atomic E-state index is -1.29. The minimum absolute atomic E-state index is 0.609. The molecule has 0 saturated heterocycles. The summed E-state index contributed by atoms with van der Waals surface area (Å²) in [6.07, 6.45) is 0. The molecule has 0 heterocycles. The highest BCUT2D eigenvalue weighted by atomic mass is 16.4. The Morgan fingerprint density at radius 1 is 1.29 bits per heavy atom. The van der Waals surface area contributed by atoms with E-state index in [1.807, 2.05) is 19.9 Å². The molecule has 1 aromatic carbocycles. The number of rotatable bonds is 2. The van der Waals surface area contributed by atoms with Gasteiger partial charge in [-0.1, -0.05) is 44.2 Å². The van der Waals surface area contributed by atoms with E-state index in [-0.39, 0.29) is 0 Å². The molecule has 0 amide bonds. The number of benzene rings is 1. The van der Waals surface area contributed by atoms with Crippen LogP contribution in [-0.2, 0) is 10.3 Å². The third kappa shape index (κ3) is 2.85. The van der Waals surface area contributed by atoms with E-state index in [0.717, 1.165) is 0 Å². The number of aliphatic carboxylic acids is 1. The number of carboxylic acids is 1. The van der Waals surface area contributed by atoms with Crippen LogP contribution in [0.1, 0.15) is 26.3 Å². The molecule has 0 saturated carbocycles. The van der Waals surface area contributed by atoms with Crippen molar-refractivity contribution in [1.82, 2.24) is 0 Å². The van der Waals surface area contributed by atoms with E-state index in [0.29, 0.717) is 5.56 Å². The number of hydrogen-bond acceptors (Lipinski definition) is 2. The van der Waals surface area contributed by atoms with Gasteiger partial charge in [-0.25, -0.2) is 4.79 Å².